The number of aliphatic carboxylic acids is 1. The van der Waals surface area contributed by atoms with E-state index in [1.807, 2.05) is 0 Å². The summed E-state index contributed by atoms with van der Waals surface area (Å²) < 4.78 is 28.4. The average Bonchev–Trinajstić information content (AvgIpc) is 2.56. The van der Waals surface area contributed by atoms with Crippen molar-refractivity contribution in [1.82, 2.24) is 5.32 Å². The van der Waals surface area contributed by atoms with Crippen LogP contribution in [-0.2, 0) is 4.79 Å². The van der Waals surface area contributed by atoms with E-state index >= 15 is 0 Å². The van der Waals surface area contributed by atoms with Crippen LogP contribution >= 0.6 is 0 Å². The van der Waals surface area contributed by atoms with E-state index in [4.69, 9.17) is 0 Å². The number of carboxylic acid groups (broad SMARTS) is 1. The smallest absolute Gasteiger partial charge is 0.387 e. The van der Waals surface area contributed by atoms with Gasteiger partial charge >= 0.3 is 12.6 Å². The van der Waals surface area contributed by atoms with Crippen LogP contribution in [0.4, 0.5) is 8.78 Å². The Kier molecular flexibility index (Phi) is 5.62. The molecule has 0 aliphatic heterocycles. The van der Waals surface area contributed by atoms with Crippen LogP contribution < -0.4 is 10.1 Å². The second-order valence-electron chi connectivity index (χ2n) is 4.63. The van der Waals surface area contributed by atoms with Crippen LogP contribution in [0.15, 0.2) is 60.3 Å². The molecule has 0 atom stereocenters. The van der Waals surface area contributed by atoms with Gasteiger partial charge in [-0.25, -0.2) is 4.79 Å². The fourth-order valence-electron chi connectivity index (χ4n) is 1.85. The third-order valence-electron chi connectivity index (χ3n) is 2.93. The Labute approximate surface area is 136 Å². The van der Waals surface area contributed by atoms with Crippen molar-refractivity contribution >= 4 is 18.0 Å². The third-order valence-corrected chi connectivity index (χ3v) is 2.93. The maximum atomic E-state index is 12.1. The van der Waals surface area contributed by atoms with Gasteiger partial charge in [-0.3, -0.25) is 4.79 Å². The Bertz CT molecular complexity index is 743. The number of hydrogen-bond acceptors (Lipinski definition) is 3. The average molecular weight is 333 g/mol. The Morgan fingerprint density at radius 3 is 2.21 bits per heavy atom. The molecule has 0 spiro atoms. The van der Waals surface area contributed by atoms with Gasteiger partial charge < -0.3 is 15.2 Å². The zero-order valence-corrected chi connectivity index (χ0v) is 12.3. The highest BCUT2D eigenvalue weighted by molar-refractivity contribution is 6.02. The number of hydrogen-bond donors (Lipinski definition) is 2. The normalized spacial score (nSPS) is 11.2. The second kappa shape index (κ2) is 7.87. The van der Waals surface area contributed by atoms with Gasteiger partial charge in [0.2, 0.25) is 0 Å². The van der Waals surface area contributed by atoms with Crippen LogP contribution in [0, 0.1) is 0 Å². The molecule has 24 heavy (non-hydrogen) atoms. The number of carbonyl (C=O) groups excluding carboxylic acids is 1. The Morgan fingerprint density at radius 2 is 1.67 bits per heavy atom. The minimum atomic E-state index is -2.94. The molecule has 7 heteroatoms. The van der Waals surface area contributed by atoms with Gasteiger partial charge in [0, 0.05) is 5.56 Å². The van der Waals surface area contributed by atoms with Gasteiger partial charge in [-0.1, -0.05) is 30.3 Å². The first-order chi connectivity index (χ1) is 11.5. The molecule has 0 bridgehead atoms. The molecule has 2 aromatic carbocycles. The lowest BCUT2D eigenvalue weighted by Gasteiger charge is -2.07. The van der Waals surface area contributed by atoms with Gasteiger partial charge in [0.05, 0.1) is 0 Å². The van der Waals surface area contributed by atoms with Crippen molar-refractivity contribution < 1.29 is 28.2 Å². The summed E-state index contributed by atoms with van der Waals surface area (Å²) in [5, 5.41) is 11.5. The van der Waals surface area contributed by atoms with Crippen LogP contribution in [0.25, 0.3) is 6.08 Å². The highest BCUT2D eigenvalue weighted by Gasteiger charge is 2.13. The Balaban J connectivity index is 2.16. The van der Waals surface area contributed by atoms with E-state index in [1.165, 1.54) is 30.3 Å². The molecule has 0 fully saturated rings. The lowest BCUT2D eigenvalue weighted by molar-refractivity contribution is -0.132. The van der Waals surface area contributed by atoms with E-state index in [9.17, 15) is 23.5 Å². The van der Waals surface area contributed by atoms with E-state index in [-0.39, 0.29) is 11.4 Å². The molecule has 2 rings (SSSR count). The Hall–Kier alpha value is -3.22. The van der Waals surface area contributed by atoms with E-state index < -0.39 is 18.5 Å². The summed E-state index contributed by atoms with van der Waals surface area (Å²) in [6.45, 7) is -2.94. The number of carboxylic acids is 1. The van der Waals surface area contributed by atoms with Crippen molar-refractivity contribution in [1.29, 1.82) is 0 Å². The highest BCUT2D eigenvalue weighted by atomic mass is 19.3. The summed E-state index contributed by atoms with van der Waals surface area (Å²) in [5.41, 5.74) is 0.374. The van der Waals surface area contributed by atoms with Crippen molar-refractivity contribution in [3.05, 3.63) is 71.4 Å². The van der Waals surface area contributed by atoms with Gasteiger partial charge in [0.1, 0.15) is 11.4 Å². The molecule has 2 aromatic rings. The minimum absolute atomic E-state index is 0.0488. The maximum Gasteiger partial charge on any atom is 0.387 e. The number of ether oxygens (including phenoxy) is 1. The van der Waals surface area contributed by atoms with Crippen LogP contribution in [0.2, 0.25) is 0 Å². The van der Waals surface area contributed by atoms with Crippen molar-refractivity contribution in [3.8, 4) is 5.75 Å². The molecule has 124 valence electrons. The summed E-state index contributed by atoms with van der Waals surface area (Å²) in [7, 11) is 0. The van der Waals surface area contributed by atoms with Crippen molar-refractivity contribution in [2.24, 2.45) is 0 Å². The number of alkyl halides is 2. The number of carbonyl (C=O) groups is 2. The SMILES string of the molecule is O=C(O)/C(=C\c1ccc(OC(F)F)cc1)NC(=O)c1ccccc1. The predicted octanol–water partition coefficient (Wildman–Crippen LogP) is 3.14. The summed E-state index contributed by atoms with van der Waals surface area (Å²) in [6, 6.07) is 13.5. The van der Waals surface area contributed by atoms with E-state index in [0.717, 1.165) is 0 Å². The number of benzene rings is 2. The molecule has 0 saturated heterocycles. The molecule has 0 saturated carbocycles. The van der Waals surface area contributed by atoms with Crippen LogP contribution in [0.1, 0.15) is 15.9 Å². The first-order valence-corrected chi connectivity index (χ1v) is 6.82. The summed E-state index contributed by atoms with van der Waals surface area (Å²) in [4.78, 5) is 23.3. The van der Waals surface area contributed by atoms with Gasteiger partial charge in [-0.2, -0.15) is 8.78 Å². The van der Waals surface area contributed by atoms with E-state index in [2.05, 4.69) is 10.1 Å². The lowest BCUT2D eigenvalue weighted by atomic mass is 10.1. The molecular formula is C17H13F2NO4. The first kappa shape index (κ1) is 17.1. The van der Waals surface area contributed by atoms with Crippen LogP contribution in [0.5, 0.6) is 5.75 Å². The largest absolute Gasteiger partial charge is 0.477 e. The molecule has 0 aromatic heterocycles. The number of rotatable bonds is 6. The molecule has 5 nitrogen and oxygen atoms in total. The quantitative estimate of drug-likeness (QED) is 0.796. The topological polar surface area (TPSA) is 75.6 Å². The fourth-order valence-corrected chi connectivity index (χ4v) is 1.85. The zero-order valence-electron chi connectivity index (χ0n) is 12.3. The molecular weight excluding hydrogens is 320 g/mol. The molecule has 0 radical (unpaired) electrons. The number of halogens is 2. The van der Waals surface area contributed by atoms with Crippen molar-refractivity contribution in [2.45, 2.75) is 6.61 Å². The summed E-state index contributed by atoms with van der Waals surface area (Å²) in [5.74, 6) is -1.94. The standard InChI is InChI=1S/C17H13F2NO4/c18-17(19)24-13-8-6-11(7-9-13)10-14(16(22)23)20-15(21)12-4-2-1-3-5-12/h1-10,17H,(H,20,21)(H,22,23)/b14-10+. The van der Waals surface area contributed by atoms with Gasteiger partial charge in [-0.05, 0) is 35.9 Å². The second-order valence-corrected chi connectivity index (χ2v) is 4.63. The monoisotopic (exact) mass is 333 g/mol. The molecule has 0 heterocycles. The molecule has 0 aliphatic carbocycles. The number of amides is 1. The van der Waals surface area contributed by atoms with Gasteiger partial charge in [-0.15, -0.1) is 0 Å². The third kappa shape index (κ3) is 4.91. The van der Waals surface area contributed by atoms with Crippen molar-refractivity contribution in [2.75, 3.05) is 0 Å². The lowest BCUT2D eigenvalue weighted by Crippen LogP contribution is -2.27. The molecule has 0 unspecified atom stereocenters. The minimum Gasteiger partial charge on any atom is -0.477 e. The first-order valence-electron chi connectivity index (χ1n) is 6.82. The van der Waals surface area contributed by atoms with Crippen LogP contribution in [0.3, 0.4) is 0 Å². The molecule has 1 amide bonds. The Morgan fingerprint density at radius 1 is 1.04 bits per heavy atom. The van der Waals surface area contributed by atoms with Gasteiger partial charge in [0.15, 0.2) is 0 Å². The summed E-state index contributed by atoms with van der Waals surface area (Å²) >= 11 is 0. The van der Waals surface area contributed by atoms with E-state index in [0.29, 0.717) is 11.1 Å². The fraction of sp³-hybridized carbons (Fsp3) is 0.0588. The maximum absolute atomic E-state index is 12.1. The van der Waals surface area contributed by atoms with Gasteiger partial charge in [0.25, 0.3) is 5.91 Å². The van der Waals surface area contributed by atoms with Crippen LogP contribution in [-0.4, -0.2) is 23.6 Å². The highest BCUT2D eigenvalue weighted by Crippen LogP contribution is 2.16. The summed E-state index contributed by atoms with van der Waals surface area (Å²) in [6.07, 6.45) is 1.22. The van der Waals surface area contributed by atoms with Crippen molar-refractivity contribution in [3.63, 3.8) is 0 Å². The molecule has 2 N–H and O–H groups in total. The zero-order chi connectivity index (χ0) is 17.5. The molecule has 0 aliphatic rings. The predicted molar refractivity (Wildman–Crippen MR) is 82.6 cm³/mol. The van der Waals surface area contributed by atoms with E-state index in [1.54, 1.807) is 30.3 Å². The number of nitrogens with one attached hydrogen (secondary N) is 1.